The van der Waals surface area contributed by atoms with Gasteiger partial charge in [-0.25, -0.2) is 0 Å². The molecule has 1 N–H and O–H groups in total. The molecule has 0 heterocycles. The van der Waals surface area contributed by atoms with E-state index in [1.165, 1.54) is 7.11 Å². The first-order chi connectivity index (χ1) is 9.50. The molecule has 0 aliphatic heterocycles. The van der Waals surface area contributed by atoms with Crippen LogP contribution in [0.5, 0.6) is 11.5 Å². The third-order valence-electron chi connectivity index (χ3n) is 3.31. The summed E-state index contributed by atoms with van der Waals surface area (Å²) in [6, 6.07) is 5.64. The second-order valence-electron chi connectivity index (χ2n) is 4.69. The zero-order chi connectivity index (χ0) is 15.2. The van der Waals surface area contributed by atoms with Crippen molar-refractivity contribution >= 4 is 5.97 Å². The highest BCUT2D eigenvalue weighted by Crippen LogP contribution is 2.33. The second-order valence-corrected chi connectivity index (χ2v) is 4.69. The molecular weight excluding hydrogens is 258 g/mol. The summed E-state index contributed by atoms with van der Waals surface area (Å²) in [5, 5.41) is 3.33. The molecule has 0 amide bonds. The van der Waals surface area contributed by atoms with Crippen LogP contribution in [-0.4, -0.2) is 33.8 Å². The molecule has 0 aliphatic rings. The van der Waals surface area contributed by atoms with E-state index >= 15 is 0 Å². The number of carbonyl (C=O) groups is 1. The Hall–Kier alpha value is -1.75. The van der Waals surface area contributed by atoms with Crippen LogP contribution in [0.2, 0.25) is 0 Å². The van der Waals surface area contributed by atoms with Crippen LogP contribution in [0.1, 0.15) is 25.8 Å². The fraction of sp³-hybridized carbons (Fsp3) is 0.533. The molecule has 0 saturated carbocycles. The molecule has 0 saturated heterocycles. The average Bonchev–Trinajstić information content (AvgIpc) is 2.46. The van der Waals surface area contributed by atoms with E-state index in [9.17, 15) is 4.79 Å². The van der Waals surface area contributed by atoms with Gasteiger partial charge in [0.15, 0.2) is 11.5 Å². The van der Waals surface area contributed by atoms with Gasteiger partial charge in [0.05, 0.1) is 33.3 Å². The van der Waals surface area contributed by atoms with Crippen LogP contribution >= 0.6 is 0 Å². The van der Waals surface area contributed by atoms with E-state index in [0.717, 1.165) is 12.1 Å². The van der Waals surface area contributed by atoms with Crippen molar-refractivity contribution < 1.29 is 19.0 Å². The number of carbonyl (C=O) groups excluding carboxylic acids is 1. The van der Waals surface area contributed by atoms with Gasteiger partial charge in [-0.05, 0) is 31.2 Å². The second kappa shape index (κ2) is 7.14. The summed E-state index contributed by atoms with van der Waals surface area (Å²) in [7, 11) is 4.57. The minimum Gasteiger partial charge on any atom is -0.493 e. The number of rotatable bonds is 7. The Bertz CT molecular complexity index is 461. The van der Waals surface area contributed by atoms with E-state index in [1.807, 2.05) is 32.0 Å². The Kier molecular flexibility index (Phi) is 5.82. The number of hydrogen-bond acceptors (Lipinski definition) is 5. The minimum absolute atomic E-state index is 0.243. The molecule has 1 aromatic carbocycles. The zero-order valence-electron chi connectivity index (χ0n) is 12.8. The summed E-state index contributed by atoms with van der Waals surface area (Å²) in [5.74, 6) is 1.04. The van der Waals surface area contributed by atoms with Crippen molar-refractivity contribution in [2.45, 2.75) is 25.8 Å². The molecule has 5 heteroatoms. The van der Waals surface area contributed by atoms with Gasteiger partial charge in [-0.3, -0.25) is 4.79 Å². The maximum Gasteiger partial charge on any atom is 0.307 e. The van der Waals surface area contributed by atoms with Gasteiger partial charge in [-0.1, -0.05) is 13.0 Å². The molecule has 0 bridgehead atoms. The molecule has 0 spiro atoms. The van der Waals surface area contributed by atoms with Crippen molar-refractivity contribution in [3.05, 3.63) is 23.8 Å². The standard InChI is InChI=1S/C15H23NO4/c1-6-16-15(2,10-14(17)20-5)11-7-8-12(18-3)13(9-11)19-4/h7-9,16H,6,10H2,1-5H3. The van der Waals surface area contributed by atoms with E-state index in [4.69, 9.17) is 14.2 Å². The molecule has 1 rings (SSSR count). The molecule has 0 aromatic heterocycles. The van der Waals surface area contributed by atoms with E-state index in [-0.39, 0.29) is 12.4 Å². The number of benzene rings is 1. The first-order valence-corrected chi connectivity index (χ1v) is 6.55. The maximum atomic E-state index is 11.6. The topological polar surface area (TPSA) is 56.8 Å². The Morgan fingerprint density at radius 1 is 1.20 bits per heavy atom. The van der Waals surface area contributed by atoms with Gasteiger partial charge >= 0.3 is 5.97 Å². The number of methoxy groups -OCH3 is 3. The fourth-order valence-electron chi connectivity index (χ4n) is 2.20. The molecule has 1 aromatic rings. The third kappa shape index (κ3) is 3.63. The SMILES string of the molecule is CCNC(C)(CC(=O)OC)c1ccc(OC)c(OC)c1. The van der Waals surface area contributed by atoms with Crippen molar-refractivity contribution in [3.63, 3.8) is 0 Å². The maximum absolute atomic E-state index is 11.6. The van der Waals surface area contributed by atoms with E-state index in [1.54, 1.807) is 14.2 Å². The monoisotopic (exact) mass is 281 g/mol. The van der Waals surface area contributed by atoms with Gasteiger partial charge < -0.3 is 19.5 Å². The normalized spacial score (nSPS) is 13.4. The van der Waals surface area contributed by atoms with Crippen molar-refractivity contribution in [3.8, 4) is 11.5 Å². The van der Waals surface area contributed by atoms with E-state index < -0.39 is 5.54 Å². The van der Waals surface area contributed by atoms with E-state index in [2.05, 4.69) is 5.32 Å². The first kappa shape index (κ1) is 16.3. The Morgan fingerprint density at radius 3 is 2.35 bits per heavy atom. The lowest BCUT2D eigenvalue weighted by Gasteiger charge is -2.30. The van der Waals surface area contributed by atoms with Crippen LogP contribution in [-0.2, 0) is 15.1 Å². The molecule has 1 atom stereocenters. The Labute approximate surface area is 120 Å². The lowest BCUT2D eigenvalue weighted by atomic mass is 9.88. The molecule has 5 nitrogen and oxygen atoms in total. The van der Waals surface area contributed by atoms with Crippen molar-refractivity contribution in [1.82, 2.24) is 5.32 Å². The summed E-state index contributed by atoms with van der Waals surface area (Å²) in [6.45, 7) is 4.70. The Balaban J connectivity index is 3.17. The first-order valence-electron chi connectivity index (χ1n) is 6.55. The lowest BCUT2D eigenvalue weighted by molar-refractivity contribution is -0.142. The number of esters is 1. The van der Waals surface area contributed by atoms with Crippen molar-refractivity contribution in [2.75, 3.05) is 27.9 Å². The predicted molar refractivity (Wildman–Crippen MR) is 77.2 cm³/mol. The van der Waals surface area contributed by atoms with Gasteiger partial charge in [-0.2, -0.15) is 0 Å². The van der Waals surface area contributed by atoms with Gasteiger partial charge in [0, 0.05) is 0 Å². The highest BCUT2D eigenvalue weighted by molar-refractivity contribution is 5.71. The summed E-state index contributed by atoms with van der Waals surface area (Å²) < 4.78 is 15.3. The van der Waals surface area contributed by atoms with Crippen molar-refractivity contribution in [2.24, 2.45) is 0 Å². The van der Waals surface area contributed by atoms with Gasteiger partial charge in [0.25, 0.3) is 0 Å². The van der Waals surface area contributed by atoms with E-state index in [0.29, 0.717) is 11.5 Å². The summed E-state index contributed by atoms with van der Waals surface area (Å²) in [6.07, 6.45) is 0.243. The molecule has 112 valence electrons. The van der Waals surface area contributed by atoms with Crippen LogP contribution in [0, 0.1) is 0 Å². The molecule has 1 unspecified atom stereocenters. The molecule has 20 heavy (non-hydrogen) atoms. The van der Waals surface area contributed by atoms with Crippen LogP contribution in [0.4, 0.5) is 0 Å². The van der Waals surface area contributed by atoms with Crippen molar-refractivity contribution in [1.29, 1.82) is 0 Å². The van der Waals surface area contributed by atoms with Crippen LogP contribution in [0.3, 0.4) is 0 Å². The van der Waals surface area contributed by atoms with Gasteiger partial charge in [0.2, 0.25) is 0 Å². The quantitative estimate of drug-likeness (QED) is 0.776. The molecule has 0 aliphatic carbocycles. The third-order valence-corrected chi connectivity index (χ3v) is 3.31. The number of hydrogen-bond donors (Lipinski definition) is 1. The zero-order valence-corrected chi connectivity index (χ0v) is 12.8. The minimum atomic E-state index is -0.513. The smallest absolute Gasteiger partial charge is 0.307 e. The summed E-state index contributed by atoms with van der Waals surface area (Å²) in [4.78, 5) is 11.6. The van der Waals surface area contributed by atoms with Crippen LogP contribution in [0.15, 0.2) is 18.2 Å². The summed E-state index contributed by atoms with van der Waals surface area (Å²) in [5.41, 5.74) is 0.434. The molecule has 0 radical (unpaired) electrons. The number of ether oxygens (including phenoxy) is 3. The molecular formula is C15H23NO4. The average molecular weight is 281 g/mol. The van der Waals surface area contributed by atoms with Crippen LogP contribution < -0.4 is 14.8 Å². The predicted octanol–water partition coefficient (Wildman–Crippen LogP) is 2.09. The van der Waals surface area contributed by atoms with Crippen LogP contribution in [0.25, 0.3) is 0 Å². The highest BCUT2D eigenvalue weighted by Gasteiger charge is 2.30. The molecule has 0 fully saturated rings. The highest BCUT2D eigenvalue weighted by atomic mass is 16.5. The number of nitrogens with one attached hydrogen (secondary N) is 1. The largest absolute Gasteiger partial charge is 0.493 e. The Morgan fingerprint density at radius 2 is 1.85 bits per heavy atom. The van der Waals surface area contributed by atoms with Gasteiger partial charge in [-0.15, -0.1) is 0 Å². The summed E-state index contributed by atoms with van der Waals surface area (Å²) >= 11 is 0. The lowest BCUT2D eigenvalue weighted by Crippen LogP contribution is -2.41. The fourth-order valence-corrected chi connectivity index (χ4v) is 2.20. The van der Waals surface area contributed by atoms with Gasteiger partial charge in [0.1, 0.15) is 0 Å².